The summed E-state index contributed by atoms with van der Waals surface area (Å²) in [6.45, 7) is 0.439. The van der Waals surface area contributed by atoms with Gasteiger partial charge in [-0.15, -0.1) is 0 Å². The molecule has 2 aromatic rings. The average molecular weight is 401 g/mol. The number of nitrogens with one attached hydrogen (secondary N) is 2. The molecule has 1 aromatic heterocycles. The fourth-order valence-corrected chi connectivity index (χ4v) is 5.70. The number of nitrogens with zero attached hydrogens (tertiary/aromatic N) is 1. The summed E-state index contributed by atoms with van der Waals surface area (Å²) in [6, 6.07) is 10.1. The zero-order valence-corrected chi connectivity index (χ0v) is 16.2. The summed E-state index contributed by atoms with van der Waals surface area (Å²) in [5, 5.41) is 0. The third-order valence-corrected chi connectivity index (χ3v) is 7.69. The van der Waals surface area contributed by atoms with Crippen LogP contribution >= 0.6 is 0 Å². The van der Waals surface area contributed by atoms with Gasteiger partial charge in [-0.05, 0) is 54.9 Å². The number of carbonyl (C=O) groups excluding carboxylic acids is 1. The molecule has 1 saturated carbocycles. The number of amides is 1. The Hall–Kier alpha value is -2.29. The monoisotopic (exact) mass is 400 g/mol. The molecule has 2 fully saturated rings. The quantitative estimate of drug-likeness (QED) is 0.714. The van der Waals surface area contributed by atoms with Gasteiger partial charge in [-0.3, -0.25) is 15.2 Å². The Balaban J connectivity index is 1.61. The Morgan fingerprint density at radius 1 is 1.11 bits per heavy atom. The van der Waals surface area contributed by atoms with Crippen LogP contribution in [0.15, 0.2) is 58.6 Å². The van der Waals surface area contributed by atoms with Gasteiger partial charge in [0.25, 0.3) is 0 Å². The lowest BCUT2D eigenvalue weighted by molar-refractivity contribution is -0.133. The molecule has 4 unspecified atom stereocenters. The zero-order chi connectivity index (χ0) is 19.7. The summed E-state index contributed by atoms with van der Waals surface area (Å²) in [5.41, 5.74) is 12.5. The van der Waals surface area contributed by atoms with Gasteiger partial charge in [-0.1, -0.05) is 18.2 Å². The maximum absolute atomic E-state index is 12.9. The van der Waals surface area contributed by atoms with Crippen LogP contribution in [0.5, 0.6) is 0 Å². The molecule has 1 amide bonds. The van der Waals surface area contributed by atoms with Gasteiger partial charge in [0, 0.05) is 30.9 Å². The van der Waals surface area contributed by atoms with Crippen LogP contribution in [-0.2, 0) is 14.6 Å². The van der Waals surface area contributed by atoms with Crippen molar-refractivity contribution in [2.24, 2.45) is 17.6 Å². The van der Waals surface area contributed by atoms with Gasteiger partial charge in [0.15, 0.2) is 0 Å². The number of sulfone groups is 1. The molecule has 1 aliphatic heterocycles. The van der Waals surface area contributed by atoms with E-state index in [-0.39, 0.29) is 39.5 Å². The number of fused-ring (bicyclic) bond motifs is 1. The third-order valence-electron chi connectivity index (χ3n) is 5.96. The van der Waals surface area contributed by atoms with Gasteiger partial charge >= 0.3 is 0 Å². The van der Waals surface area contributed by atoms with E-state index in [4.69, 9.17) is 5.73 Å². The van der Waals surface area contributed by atoms with E-state index >= 15 is 0 Å². The molecular formula is C20H24N4O3S. The first-order valence-corrected chi connectivity index (χ1v) is 11.0. The molecule has 2 heterocycles. The largest absolute Gasteiger partial charge is 0.329 e. The Labute approximate surface area is 164 Å². The van der Waals surface area contributed by atoms with Crippen LogP contribution in [0.25, 0.3) is 0 Å². The lowest BCUT2D eigenvalue weighted by Gasteiger charge is -2.43. The van der Waals surface area contributed by atoms with Crippen LogP contribution in [0.2, 0.25) is 0 Å². The molecular weight excluding hydrogens is 376 g/mol. The fraction of sp³-hybridized carbons (Fsp3) is 0.400. The zero-order valence-electron chi connectivity index (χ0n) is 15.4. The van der Waals surface area contributed by atoms with E-state index in [0.29, 0.717) is 6.54 Å². The lowest BCUT2D eigenvalue weighted by Crippen LogP contribution is -2.62. The SMILES string of the molecule is NCC1NNC(=O)C2CCC(c3cncc(S(=O)(=O)c4ccccc4)c3)CC12. The predicted molar refractivity (Wildman–Crippen MR) is 104 cm³/mol. The number of hydrogen-bond donors (Lipinski definition) is 3. The predicted octanol–water partition coefficient (Wildman–Crippen LogP) is 1.38. The van der Waals surface area contributed by atoms with Crippen molar-refractivity contribution in [3.63, 3.8) is 0 Å². The number of rotatable bonds is 4. The maximum Gasteiger partial charge on any atom is 0.237 e. The van der Waals surface area contributed by atoms with Crippen LogP contribution < -0.4 is 16.6 Å². The maximum atomic E-state index is 12.9. The van der Waals surface area contributed by atoms with E-state index in [2.05, 4.69) is 15.8 Å². The second-order valence-electron chi connectivity index (χ2n) is 7.53. The summed E-state index contributed by atoms with van der Waals surface area (Å²) < 4.78 is 25.8. The van der Waals surface area contributed by atoms with Crippen molar-refractivity contribution in [3.05, 3.63) is 54.4 Å². The van der Waals surface area contributed by atoms with E-state index < -0.39 is 9.84 Å². The summed E-state index contributed by atoms with van der Waals surface area (Å²) in [4.78, 5) is 16.8. The summed E-state index contributed by atoms with van der Waals surface area (Å²) >= 11 is 0. The van der Waals surface area contributed by atoms with Gasteiger partial charge in [0.2, 0.25) is 15.7 Å². The molecule has 0 radical (unpaired) electrons. The molecule has 28 heavy (non-hydrogen) atoms. The molecule has 0 spiro atoms. The first-order valence-electron chi connectivity index (χ1n) is 9.51. The molecule has 148 valence electrons. The highest BCUT2D eigenvalue weighted by molar-refractivity contribution is 7.91. The lowest BCUT2D eigenvalue weighted by atomic mass is 9.68. The Morgan fingerprint density at radius 2 is 1.89 bits per heavy atom. The summed E-state index contributed by atoms with van der Waals surface area (Å²) in [7, 11) is -3.61. The molecule has 2 aliphatic rings. The average Bonchev–Trinajstić information content (AvgIpc) is 2.74. The van der Waals surface area contributed by atoms with E-state index in [1.54, 1.807) is 42.6 Å². The van der Waals surface area contributed by atoms with Crippen LogP contribution in [0.3, 0.4) is 0 Å². The summed E-state index contributed by atoms with van der Waals surface area (Å²) in [5.74, 6) is 0.259. The van der Waals surface area contributed by atoms with Crippen molar-refractivity contribution in [2.45, 2.75) is 41.0 Å². The highest BCUT2D eigenvalue weighted by Crippen LogP contribution is 2.42. The molecule has 8 heteroatoms. The normalized spacial score (nSPS) is 27.7. The van der Waals surface area contributed by atoms with Crippen molar-refractivity contribution in [1.82, 2.24) is 15.8 Å². The number of carbonyl (C=O) groups is 1. The molecule has 7 nitrogen and oxygen atoms in total. The molecule has 1 aromatic carbocycles. The van der Waals surface area contributed by atoms with E-state index in [0.717, 1.165) is 24.8 Å². The standard InChI is InChI=1S/C20H24N4O3S/c21-10-19-18-9-13(6-7-17(18)20(25)24-23-19)14-8-16(12-22-11-14)28(26,27)15-4-2-1-3-5-15/h1-5,8,11-13,17-19,23H,6-7,9-10,21H2,(H,24,25). The summed E-state index contributed by atoms with van der Waals surface area (Å²) in [6.07, 6.45) is 5.50. The number of hydrazine groups is 1. The Bertz CT molecular complexity index is 964. The second kappa shape index (κ2) is 7.62. The molecule has 1 saturated heterocycles. The number of aromatic nitrogens is 1. The van der Waals surface area contributed by atoms with E-state index in [1.807, 2.05) is 0 Å². The first-order chi connectivity index (χ1) is 13.5. The molecule has 1 aliphatic carbocycles. The topological polar surface area (TPSA) is 114 Å². The van der Waals surface area contributed by atoms with Gasteiger partial charge < -0.3 is 5.73 Å². The molecule has 4 atom stereocenters. The van der Waals surface area contributed by atoms with E-state index in [9.17, 15) is 13.2 Å². The Kier molecular flexibility index (Phi) is 5.18. The highest BCUT2D eigenvalue weighted by atomic mass is 32.2. The fourth-order valence-electron chi connectivity index (χ4n) is 4.42. The van der Waals surface area contributed by atoms with Crippen LogP contribution in [0.4, 0.5) is 0 Å². The second-order valence-corrected chi connectivity index (χ2v) is 9.48. The number of nitrogens with two attached hydrogens (primary N) is 1. The van der Waals surface area contributed by atoms with Crippen LogP contribution in [0, 0.1) is 11.8 Å². The van der Waals surface area contributed by atoms with Crippen LogP contribution in [0.1, 0.15) is 30.7 Å². The van der Waals surface area contributed by atoms with Crippen molar-refractivity contribution in [3.8, 4) is 0 Å². The van der Waals surface area contributed by atoms with Crippen molar-refractivity contribution in [1.29, 1.82) is 0 Å². The molecule has 0 bridgehead atoms. The minimum atomic E-state index is -3.61. The van der Waals surface area contributed by atoms with Gasteiger partial charge in [-0.25, -0.2) is 13.8 Å². The number of benzene rings is 1. The first kappa shape index (κ1) is 19.0. The smallest absolute Gasteiger partial charge is 0.237 e. The van der Waals surface area contributed by atoms with Gasteiger partial charge in [0.05, 0.1) is 9.79 Å². The third kappa shape index (κ3) is 3.43. The minimum absolute atomic E-state index is 0.0201. The van der Waals surface area contributed by atoms with Crippen molar-refractivity contribution in [2.75, 3.05) is 6.54 Å². The molecule has 4 N–H and O–H groups in total. The minimum Gasteiger partial charge on any atom is -0.329 e. The van der Waals surface area contributed by atoms with Crippen molar-refractivity contribution < 1.29 is 13.2 Å². The van der Waals surface area contributed by atoms with Crippen LogP contribution in [-0.4, -0.2) is 31.9 Å². The molecule has 4 rings (SSSR count). The van der Waals surface area contributed by atoms with Crippen molar-refractivity contribution >= 4 is 15.7 Å². The Morgan fingerprint density at radius 3 is 2.64 bits per heavy atom. The number of pyridine rings is 1. The van der Waals surface area contributed by atoms with E-state index in [1.165, 1.54) is 6.20 Å². The van der Waals surface area contributed by atoms with Gasteiger partial charge in [0.1, 0.15) is 0 Å². The number of hydrogen-bond acceptors (Lipinski definition) is 6. The highest BCUT2D eigenvalue weighted by Gasteiger charge is 2.42. The van der Waals surface area contributed by atoms with Gasteiger partial charge in [-0.2, -0.15) is 0 Å².